The molecule has 0 saturated heterocycles. The van der Waals surface area contributed by atoms with Gasteiger partial charge in [-0.1, -0.05) is 24.3 Å². The molecule has 5 nitrogen and oxygen atoms in total. The summed E-state index contributed by atoms with van der Waals surface area (Å²) in [4.78, 5) is 10.7. The number of aliphatic imine (C=N–C) groups is 1. The molecule has 108 valence electrons. The topological polar surface area (TPSA) is 62.9 Å². The van der Waals surface area contributed by atoms with Crippen molar-refractivity contribution >= 4 is 5.96 Å². The molecule has 0 saturated carbocycles. The molecule has 1 unspecified atom stereocenters. The molecule has 0 fully saturated rings. The Morgan fingerprint density at radius 3 is 2.85 bits per heavy atom. The summed E-state index contributed by atoms with van der Waals surface area (Å²) in [5.74, 6) is 6.56. The summed E-state index contributed by atoms with van der Waals surface area (Å²) in [6.45, 7) is 6.22. The number of aryl methyl sites for hydroxylation is 1. The van der Waals surface area contributed by atoms with E-state index in [4.69, 9.17) is 15.7 Å². The number of hydrogen-bond acceptors (Lipinski definition) is 5. The largest absolute Gasteiger partial charge is 0.349 e. The van der Waals surface area contributed by atoms with Gasteiger partial charge in [-0.05, 0) is 39.2 Å². The number of hydroxylamine groups is 1. The van der Waals surface area contributed by atoms with E-state index in [1.807, 2.05) is 6.07 Å². The molecule has 2 aliphatic rings. The van der Waals surface area contributed by atoms with Crippen LogP contribution in [0.5, 0.6) is 0 Å². The maximum Gasteiger partial charge on any atom is 0.237 e. The molecule has 0 amide bonds. The van der Waals surface area contributed by atoms with Crippen LogP contribution >= 0.6 is 0 Å². The zero-order valence-electron chi connectivity index (χ0n) is 12.3. The number of rotatable bonds is 0. The molecular weight excluding hydrogens is 252 g/mol. The van der Waals surface area contributed by atoms with E-state index in [2.05, 4.69) is 44.3 Å². The molecular formula is C15H22N4O. The fourth-order valence-corrected chi connectivity index (χ4v) is 2.85. The van der Waals surface area contributed by atoms with Crippen LogP contribution in [-0.2, 0) is 17.0 Å². The van der Waals surface area contributed by atoms with E-state index in [0.29, 0.717) is 5.96 Å². The van der Waals surface area contributed by atoms with Crippen molar-refractivity contribution in [3.05, 3.63) is 35.4 Å². The van der Waals surface area contributed by atoms with Crippen LogP contribution in [0.1, 0.15) is 44.7 Å². The molecule has 1 aliphatic heterocycles. The van der Waals surface area contributed by atoms with E-state index in [1.165, 1.54) is 10.7 Å². The standard InChI is InChI=1S/C15H22N4O/c1-14(2,3)17-13-18-15(20-19(13)16)10-6-8-11-7-4-5-9-12(11)15/h4-5,7,9H,6,8,10,16H2,1-3H3,(H,17,18). The molecule has 3 rings (SSSR count). The lowest BCUT2D eigenvalue weighted by molar-refractivity contribution is -0.194. The fraction of sp³-hybridized carbons (Fsp3) is 0.533. The summed E-state index contributed by atoms with van der Waals surface area (Å²) in [6.07, 6.45) is 2.98. The molecule has 0 aromatic heterocycles. The lowest BCUT2D eigenvalue weighted by Gasteiger charge is -2.31. The van der Waals surface area contributed by atoms with Gasteiger partial charge in [0, 0.05) is 17.5 Å². The Hall–Kier alpha value is -1.59. The molecule has 20 heavy (non-hydrogen) atoms. The number of guanidine groups is 1. The lowest BCUT2D eigenvalue weighted by atomic mass is 9.85. The quantitative estimate of drug-likeness (QED) is 0.711. The van der Waals surface area contributed by atoms with Crippen LogP contribution in [0, 0.1) is 0 Å². The maximum atomic E-state index is 5.97. The maximum absolute atomic E-state index is 5.97. The number of fused-ring (bicyclic) bond motifs is 2. The van der Waals surface area contributed by atoms with Gasteiger partial charge in [0.05, 0.1) is 0 Å². The highest BCUT2D eigenvalue weighted by molar-refractivity contribution is 5.81. The summed E-state index contributed by atoms with van der Waals surface area (Å²) in [7, 11) is 0. The van der Waals surface area contributed by atoms with E-state index >= 15 is 0 Å². The van der Waals surface area contributed by atoms with E-state index in [9.17, 15) is 0 Å². The zero-order chi connectivity index (χ0) is 14.4. The normalized spacial score (nSPS) is 25.6. The highest BCUT2D eigenvalue weighted by Gasteiger charge is 2.45. The van der Waals surface area contributed by atoms with Crippen LogP contribution in [0.3, 0.4) is 0 Å². The predicted octanol–water partition coefficient (Wildman–Crippen LogP) is 2.04. The van der Waals surface area contributed by atoms with Gasteiger partial charge in [0.25, 0.3) is 0 Å². The molecule has 3 N–H and O–H groups in total. The molecule has 1 spiro atoms. The first-order valence-electron chi connectivity index (χ1n) is 7.10. The van der Waals surface area contributed by atoms with Gasteiger partial charge in [0.2, 0.25) is 11.7 Å². The minimum Gasteiger partial charge on any atom is -0.349 e. The van der Waals surface area contributed by atoms with Crippen molar-refractivity contribution in [2.75, 3.05) is 0 Å². The number of hydrogen-bond donors (Lipinski definition) is 2. The van der Waals surface area contributed by atoms with E-state index < -0.39 is 5.72 Å². The zero-order valence-corrected chi connectivity index (χ0v) is 12.3. The van der Waals surface area contributed by atoms with Crippen LogP contribution in [0.25, 0.3) is 0 Å². The Morgan fingerprint density at radius 1 is 1.35 bits per heavy atom. The summed E-state index contributed by atoms with van der Waals surface area (Å²) in [5.41, 5.74) is 1.66. The van der Waals surface area contributed by atoms with Crippen LogP contribution in [0.2, 0.25) is 0 Å². The summed E-state index contributed by atoms with van der Waals surface area (Å²) in [5, 5.41) is 4.57. The van der Waals surface area contributed by atoms with Crippen LogP contribution in [0.4, 0.5) is 0 Å². The summed E-state index contributed by atoms with van der Waals surface area (Å²) < 4.78 is 0. The number of nitrogens with two attached hydrogens (primary N) is 1. The number of benzene rings is 1. The van der Waals surface area contributed by atoms with Crippen molar-refractivity contribution in [3.8, 4) is 0 Å². The molecule has 1 aliphatic carbocycles. The minimum absolute atomic E-state index is 0.112. The SMILES string of the molecule is CC(C)(C)NC1=NC2(CCCc3ccccc32)ON1N. The van der Waals surface area contributed by atoms with Crippen LogP contribution < -0.4 is 11.2 Å². The second kappa shape index (κ2) is 4.46. The summed E-state index contributed by atoms with van der Waals surface area (Å²) in [6, 6.07) is 8.32. The molecule has 1 atom stereocenters. The van der Waals surface area contributed by atoms with Crippen LogP contribution in [0.15, 0.2) is 29.3 Å². The Bertz CT molecular complexity index is 549. The predicted molar refractivity (Wildman–Crippen MR) is 78.5 cm³/mol. The third-order valence-corrected chi connectivity index (χ3v) is 3.63. The Kier molecular flexibility index (Phi) is 2.99. The number of nitrogens with zero attached hydrogens (tertiary/aromatic N) is 2. The Balaban J connectivity index is 1.99. The average Bonchev–Trinajstić information content (AvgIpc) is 2.65. The van der Waals surface area contributed by atoms with E-state index in [1.54, 1.807) is 0 Å². The van der Waals surface area contributed by atoms with Crippen molar-refractivity contribution in [2.24, 2.45) is 10.8 Å². The Labute approximate surface area is 119 Å². The molecule has 1 aromatic carbocycles. The van der Waals surface area contributed by atoms with Gasteiger partial charge in [0.1, 0.15) is 0 Å². The average molecular weight is 274 g/mol. The first-order valence-corrected chi connectivity index (χ1v) is 7.10. The second-order valence-corrected chi connectivity index (χ2v) is 6.52. The van der Waals surface area contributed by atoms with Gasteiger partial charge >= 0.3 is 0 Å². The first-order chi connectivity index (χ1) is 9.40. The van der Waals surface area contributed by atoms with Crippen molar-refractivity contribution in [1.29, 1.82) is 0 Å². The highest BCUT2D eigenvalue weighted by Crippen LogP contribution is 2.42. The van der Waals surface area contributed by atoms with Crippen LogP contribution in [-0.4, -0.2) is 16.7 Å². The van der Waals surface area contributed by atoms with Gasteiger partial charge in [-0.25, -0.2) is 15.7 Å². The van der Waals surface area contributed by atoms with Gasteiger partial charge in [-0.3, -0.25) is 0 Å². The monoisotopic (exact) mass is 274 g/mol. The summed E-state index contributed by atoms with van der Waals surface area (Å²) >= 11 is 0. The van der Waals surface area contributed by atoms with Crippen molar-refractivity contribution < 1.29 is 4.84 Å². The van der Waals surface area contributed by atoms with Gasteiger partial charge in [-0.15, -0.1) is 5.17 Å². The first kappa shape index (κ1) is 13.4. The Morgan fingerprint density at radius 2 is 2.10 bits per heavy atom. The number of hydrazine groups is 1. The molecule has 1 heterocycles. The van der Waals surface area contributed by atoms with Gasteiger partial charge < -0.3 is 5.32 Å². The van der Waals surface area contributed by atoms with Gasteiger partial charge in [0.15, 0.2) is 0 Å². The number of nitrogens with one attached hydrogen (secondary N) is 1. The minimum atomic E-state index is -0.656. The van der Waals surface area contributed by atoms with Crippen molar-refractivity contribution in [2.45, 2.75) is 51.3 Å². The highest BCUT2D eigenvalue weighted by atomic mass is 16.7. The van der Waals surface area contributed by atoms with Crippen molar-refractivity contribution in [3.63, 3.8) is 0 Å². The molecule has 5 heteroatoms. The molecule has 0 radical (unpaired) electrons. The third kappa shape index (κ3) is 2.27. The van der Waals surface area contributed by atoms with Crippen molar-refractivity contribution in [1.82, 2.24) is 10.5 Å². The fourth-order valence-electron chi connectivity index (χ4n) is 2.85. The third-order valence-electron chi connectivity index (χ3n) is 3.63. The smallest absolute Gasteiger partial charge is 0.237 e. The molecule has 1 aromatic rings. The second-order valence-electron chi connectivity index (χ2n) is 6.52. The van der Waals surface area contributed by atoms with Gasteiger partial charge in [-0.2, -0.15) is 0 Å². The van der Waals surface area contributed by atoms with E-state index in [-0.39, 0.29) is 5.54 Å². The van der Waals surface area contributed by atoms with E-state index in [0.717, 1.165) is 24.8 Å². The lowest BCUT2D eigenvalue weighted by Crippen LogP contribution is -2.50. The molecule has 0 bridgehead atoms.